The number of sulfonamides is 1. The summed E-state index contributed by atoms with van der Waals surface area (Å²) in [6.45, 7) is 5.33. The van der Waals surface area contributed by atoms with Crippen molar-refractivity contribution in [3.8, 4) is 0 Å². The van der Waals surface area contributed by atoms with Crippen LogP contribution in [0.1, 0.15) is 4.88 Å². The van der Waals surface area contributed by atoms with Crippen molar-refractivity contribution in [1.82, 2.24) is 5.32 Å². The minimum Gasteiger partial charge on any atom is -0.383 e. The van der Waals surface area contributed by atoms with Crippen LogP contribution in [0.25, 0.3) is 9.40 Å². The van der Waals surface area contributed by atoms with E-state index in [0.29, 0.717) is 0 Å². The Morgan fingerprint density at radius 3 is 2.09 bits per heavy atom. The number of hydrogen-bond donors (Lipinski definition) is 2. The van der Waals surface area contributed by atoms with Gasteiger partial charge in [-0.2, -0.15) is 0 Å². The van der Waals surface area contributed by atoms with E-state index in [4.69, 9.17) is 14.6 Å². The highest BCUT2D eigenvalue weighted by atomic mass is 32.2. The van der Waals surface area contributed by atoms with Gasteiger partial charge in [0, 0.05) is 41.6 Å². The second kappa shape index (κ2) is 9.56. The van der Waals surface area contributed by atoms with E-state index in [1.807, 2.05) is 13.0 Å². The van der Waals surface area contributed by atoms with Gasteiger partial charge in [0.25, 0.3) is 0 Å². The zero-order chi connectivity index (χ0) is 16.6. The van der Waals surface area contributed by atoms with Crippen molar-refractivity contribution in [3.63, 3.8) is 0 Å². The fourth-order valence-corrected chi connectivity index (χ4v) is 4.69. The van der Waals surface area contributed by atoms with Gasteiger partial charge in [0.15, 0.2) is 0 Å². The summed E-state index contributed by atoms with van der Waals surface area (Å²) >= 11 is 2.80. The molecule has 0 atom stereocenters. The molecule has 0 fully saturated rings. The van der Waals surface area contributed by atoms with Crippen LogP contribution < -0.4 is 10.5 Å². The fourth-order valence-electron chi connectivity index (χ4n) is 1.55. The Morgan fingerprint density at radius 1 is 1.09 bits per heavy atom. The first-order valence-corrected chi connectivity index (χ1v) is 9.77. The summed E-state index contributed by atoms with van der Waals surface area (Å²) in [5.74, 6) is 0. The molecule has 0 bridgehead atoms. The molecule has 22 heavy (non-hydrogen) atoms. The third-order valence-corrected chi connectivity index (χ3v) is 6.18. The number of thiophene rings is 2. The molecule has 2 aromatic rings. The molecule has 2 heterocycles. The van der Waals surface area contributed by atoms with Crippen molar-refractivity contribution in [3.05, 3.63) is 17.0 Å². The maximum absolute atomic E-state index is 11.0. The topological polar surface area (TPSA) is 90.7 Å². The summed E-state index contributed by atoms with van der Waals surface area (Å²) in [5, 5.41) is 8.14. The van der Waals surface area contributed by atoms with E-state index in [0.717, 1.165) is 35.7 Å². The summed E-state index contributed by atoms with van der Waals surface area (Å²) in [6.07, 6.45) is 0. The number of hydrogen-bond acceptors (Lipinski definition) is 7. The Hall–Kier alpha value is -0.550. The number of methoxy groups -OCH3 is 2. The van der Waals surface area contributed by atoms with E-state index in [1.165, 1.54) is 16.2 Å². The SMILES string of the molecule is COCCNCCOC.Cc1cc2sc(S(N)(=O)=O)cc2s1. The summed E-state index contributed by atoms with van der Waals surface area (Å²) in [5.41, 5.74) is 0. The molecular weight excluding hydrogens is 344 g/mol. The van der Waals surface area contributed by atoms with Gasteiger partial charge in [0.1, 0.15) is 4.21 Å². The molecule has 0 saturated carbocycles. The molecule has 0 aliphatic rings. The van der Waals surface area contributed by atoms with Crippen LogP contribution in [-0.4, -0.2) is 48.9 Å². The van der Waals surface area contributed by atoms with Crippen LogP contribution in [0.3, 0.4) is 0 Å². The third kappa shape index (κ3) is 6.69. The van der Waals surface area contributed by atoms with Gasteiger partial charge in [-0.15, -0.1) is 22.7 Å². The van der Waals surface area contributed by atoms with E-state index in [-0.39, 0.29) is 4.21 Å². The van der Waals surface area contributed by atoms with Gasteiger partial charge in [-0.05, 0) is 19.1 Å². The standard InChI is InChI=1S/C7H7NO2S3.C6H15NO2/c1-4-2-5-6(11-4)3-7(12-5)13(8,9)10;1-8-5-3-7-4-6-9-2/h2-3H,1H3,(H2,8,9,10);7H,3-6H2,1-2H3. The van der Waals surface area contributed by atoms with E-state index < -0.39 is 10.0 Å². The van der Waals surface area contributed by atoms with Crippen molar-refractivity contribution in [1.29, 1.82) is 0 Å². The number of aryl methyl sites for hydroxylation is 1. The molecule has 0 saturated heterocycles. The molecule has 2 aromatic heterocycles. The van der Waals surface area contributed by atoms with Gasteiger partial charge in [-0.3, -0.25) is 0 Å². The number of primary sulfonamides is 1. The smallest absolute Gasteiger partial charge is 0.247 e. The second-order valence-corrected chi connectivity index (χ2v) is 8.59. The maximum Gasteiger partial charge on any atom is 0.247 e. The summed E-state index contributed by atoms with van der Waals surface area (Å²) in [7, 11) is -0.137. The predicted molar refractivity (Wildman–Crippen MR) is 92.4 cm³/mol. The third-order valence-electron chi connectivity index (χ3n) is 2.55. The number of nitrogens with two attached hydrogens (primary N) is 1. The first kappa shape index (κ1) is 19.5. The molecule has 9 heteroatoms. The zero-order valence-electron chi connectivity index (χ0n) is 12.9. The molecule has 3 N–H and O–H groups in total. The molecule has 0 radical (unpaired) electrons. The minimum absolute atomic E-state index is 0.244. The minimum atomic E-state index is -3.52. The zero-order valence-corrected chi connectivity index (χ0v) is 15.4. The van der Waals surface area contributed by atoms with Crippen LogP contribution in [-0.2, 0) is 19.5 Å². The molecule has 2 rings (SSSR count). The molecular formula is C13H22N2O4S3. The average molecular weight is 367 g/mol. The quantitative estimate of drug-likeness (QED) is 0.729. The van der Waals surface area contributed by atoms with Gasteiger partial charge in [-0.1, -0.05) is 0 Å². The maximum atomic E-state index is 11.0. The molecule has 0 unspecified atom stereocenters. The first-order valence-electron chi connectivity index (χ1n) is 6.60. The lowest BCUT2D eigenvalue weighted by Gasteiger charge is -2.01. The van der Waals surface area contributed by atoms with Crippen molar-refractivity contribution in [2.24, 2.45) is 5.14 Å². The van der Waals surface area contributed by atoms with Crippen molar-refractivity contribution in [2.75, 3.05) is 40.5 Å². The molecule has 126 valence electrons. The first-order chi connectivity index (χ1) is 10.4. The lowest BCUT2D eigenvalue weighted by atomic mass is 10.5. The lowest BCUT2D eigenvalue weighted by Crippen LogP contribution is -2.23. The van der Waals surface area contributed by atoms with E-state index >= 15 is 0 Å². The highest BCUT2D eigenvalue weighted by molar-refractivity contribution is 7.91. The monoisotopic (exact) mass is 366 g/mol. The highest BCUT2D eigenvalue weighted by Crippen LogP contribution is 2.34. The van der Waals surface area contributed by atoms with E-state index in [9.17, 15) is 8.42 Å². The van der Waals surface area contributed by atoms with Gasteiger partial charge in [0.2, 0.25) is 10.0 Å². The van der Waals surface area contributed by atoms with Crippen molar-refractivity contribution < 1.29 is 17.9 Å². The van der Waals surface area contributed by atoms with E-state index in [1.54, 1.807) is 31.6 Å². The molecule has 0 aromatic carbocycles. The Balaban J connectivity index is 0.000000239. The molecule has 0 amide bonds. The lowest BCUT2D eigenvalue weighted by molar-refractivity contribution is 0.180. The summed E-state index contributed by atoms with van der Waals surface area (Å²) in [4.78, 5) is 1.18. The molecule has 0 aliphatic heterocycles. The predicted octanol–water partition coefficient (Wildman–Crippen LogP) is 1.79. The average Bonchev–Trinajstić information content (AvgIpc) is 2.96. The number of fused-ring (bicyclic) bond motifs is 1. The van der Waals surface area contributed by atoms with Gasteiger partial charge in [0.05, 0.1) is 13.2 Å². The summed E-state index contributed by atoms with van der Waals surface area (Å²) < 4.78 is 33.8. The van der Waals surface area contributed by atoms with E-state index in [2.05, 4.69) is 5.32 Å². The Morgan fingerprint density at radius 2 is 1.64 bits per heavy atom. The van der Waals surface area contributed by atoms with Gasteiger partial charge >= 0.3 is 0 Å². The molecule has 0 spiro atoms. The van der Waals surface area contributed by atoms with Crippen LogP contribution in [0, 0.1) is 6.92 Å². The molecule has 0 aliphatic carbocycles. The highest BCUT2D eigenvalue weighted by Gasteiger charge is 2.13. The number of nitrogens with one attached hydrogen (secondary N) is 1. The fraction of sp³-hybridized carbons (Fsp3) is 0.538. The van der Waals surface area contributed by atoms with Crippen LogP contribution in [0.5, 0.6) is 0 Å². The normalized spacial score (nSPS) is 11.5. The van der Waals surface area contributed by atoms with Crippen LogP contribution in [0.2, 0.25) is 0 Å². The van der Waals surface area contributed by atoms with Crippen LogP contribution in [0.4, 0.5) is 0 Å². The Bertz CT molecular complexity index is 626. The van der Waals surface area contributed by atoms with Crippen molar-refractivity contribution >= 4 is 42.1 Å². The van der Waals surface area contributed by atoms with Gasteiger partial charge < -0.3 is 14.8 Å². The Labute approximate surface area is 139 Å². The van der Waals surface area contributed by atoms with Crippen LogP contribution >= 0.6 is 22.7 Å². The number of rotatable bonds is 7. The van der Waals surface area contributed by atoms with Gasteiger partial charge in [-0.25, -0.2) is 13.6 Å². The summed E-state index contributed by atoms with van der Waals surface area (Å²) in [6, 6.07) is 3.60. The molecule has 6 nitrogen and oxygen atoms in total. The van der Waals surface area contributed by atoms with Crippen molar-refractivity contribution in [2.45, 2.75) is 11.1 Å². The van der Waals surface area contributed by atoms with Crippen LogP contribution in [0.15, 0.2) is 16.3 Å². The second-order valence-electron chi connectivity index (χ2n) is 4.43. The number of ether oxygens (including phenoxy) is 2. The largest absolute Gasteiger partial charge is 0.383 e. The Kier molecular flexibility index (Phi) is 8.47.